The van der Waals surface area contributed by atoms with Crippen molar-refractivity contribution in [2.24, 2.45) is 0 Å². The number of hydrogen-bond acceptors (Lipinski definition) is 0. The predicted octanol–water partition coefficient (Wildman–Crippen LogP) is 2.62. The van der Waals surface area contributed by atoms with Gasteiger partial charge in [-0.2, -0.15) is 0 Å². The van der Waals surface area contributed by atoms with Gasteiger partial charge in [0.1, 0.15) is 0 Å². The predicted molar refractivity (Wildman–Crippen MR) is 73.1 cm³/mol. The van der Waals surface area contributed by atoms with Gasteiger partial charge in [0.05, 0.1) is 0 Å². The van der Waals surface area contributed by atoms with E-state index in [-0.39, 0.29) is 0 Å². The molecule has 0 aliphatic carbocycles. The average molecular weight is 272 g/mol. The van der Waals surface area contributed by atoms with Crippen LogP contribution in [0.2, 0.25) is 5.21 Å². The molecule has 0 nitrogen and oxygen atoms in total. The standard InChI is InChI=1S/C15H17As/c1-3-16(14-10-5-4-6-11-14)15-12-8-7-9-13(15)2/h4-12H,3H2,1-2H3. The van der Waals surface area contributed by atoms with Gasteiger partial charge < -0.3 is 0 Å². The minimum atomic E-state index is -1.04. The van der Waals surface area contributed by atoms with Crippen LogP contribution in [0.5, 0.6) is 0 Å². The number of benzene rings is 2. The van der Waals surface area contributed by atoms with E-state index in [1.165, 1.54) is 10.8 Å². The van der Waals surface area contributed by atoms with E-state index in [0.717, 1.165) is 0 Å². The van der Waals surface area contributed by atoms with E-state index in [4.69, 9.17) is 0 Å². The molecule has 0 N–H and O–H groups in total. The fourth-order valence-electron chi connectivity index (χ4n) is 1.97. The second kappa shape index (κ2) is 5.36. The van der Waals surface area contributed by atoms with Crippen LogP contribution < -0.4 is 8.70 Å². The molecule has 0 spiro atoms. The van der Waals surface area contributed by atoms with E-state index in [2.05, 4.69) is 68.4 Å². The summed E-state index contributed by atoms with van der Waals surface area (Å²) in [5.41, 5.74) is 1.45. The third kappa shape index (κ3) is 2.39. The molecule has 1 unspecified atom stereocenters. The Labute approximate surface area is 103 Å². The van der Waals surface area contributed by atoms with Crippen molar-refractivity contribution in [1.29, 1.82) is 0 Å². The zero-order valence-electron chi connectivity index (χ0n) is 9.85. The zero-order valence-corrected chi connectivity index (χ0v) is 11.7. The molecule has 0 saturated heterocycles. The monoisotopic (exact) mass is 272 g/mol. The van der Waals surface area contributed by atoms with E-state index < -0.39 is 14.7 Å². The van der Waals surface area contributed by atoms with E-state index in [0.29, 0.717) is 0 Å². The van der Waals surface area contributed by atoms with Crippen LogP contribution in [-0.2, 0) is 0 Å². The Hall–Kier alpha value is -1.00. The number of rotatable bonds is 3. The van der Waals surface area contributed by atoms with Crippen LogP contribution >= 0.6 is 0 Å². The van der Waals surface area contributed by atoms with Crippen molar-refractivity contribution in [2.45, 2.75) is 19.1 Å². The summed E-state index contributed by atoms with van der Waals surface area (Å²) in [6, 6.07) is 19.8. The third-order valence-corrected chi connectivity index (χ3v) is 8.32. The van der Waals surface area contributed by atoms with E-state index in [9.17, 15) is 0 Å². The second-order valence-electron chi connectivity index (χ2n) is 3.87. The van der Waals surface area contributed by atoms with Crippen molar-refractivity contribution in [3.63, 3.8) is 0 Å². The van der Waals surface area contributed by atoms with Gasteiger partial charge >= 0.3 is 103 Å². The van der Waals surface area contributed by atoms with Crippen molar-refractivity contribution < 1.29 is 0 Å². The van der Waals surface area contributed by atoms with Gasteiger partial charge in [0, 0.05) is 0 Å². The van der Waals surface area contributed by atoms with Crippen molar-refractivity contribution >= 4 is 23.4 Å². The Balaban J connectivity index is 2.41. The summed E-state index contributed by atoms with van der Waals surface area (Å²) in [6.45, 7) is 4.55. The first-order valence-electron chi connectivity index (χ1n) is 5.71. The van der Waals surface area contributed by atoms with Gasteiger partial charge in [0.25, 0.3) is 0 Å². The Morgan fingerprint density at radius 2 is 1.50 bits per heavy atom. The van der Waals surface area contributed by atoms with Gasteiger partial charge in [-0.1, -0.05) is 0 Å². The fraction of sp³-hybridized carbons (Fsp3) is 0.200. The van der Waals surface area contributed by atoms with Crippen LogP contribution in [0, 0.1) is 6.92 Å². The molecule has 0 aliphatic rings. The second-order valence-corrected chi connectivity index (χ2v) is 9.08. The molecule has 16 heavy (non-hydrogen) atoms. The van der Waals surface area contributed by atoms with Gasteiger partial charge in [-0.3, -0.25) is 0 Å². The molecule has 82 valence electrons. The topological polar surface area (TPSA) is 0 Å². The maximum atomic E-state index is 2.32. The molecule has 0 radical (unpaired) electrons. The summed E-state index contributed by atoms with van der Waals surface area (Å²) in [6.07, 6.45) is 0. The average Bonchev–Trinajstić information content (AvgIpc) is 2.34. The van der Waals surface area contributed by atoms with Crippen LogP contribution in [0.25, 0.3) is 0 Å². The van der Waals surface area contributed by atoms with E-state index in [1.807, 2.05) is 0 Å². The molecule has 1 atom stereocenters. The minimum absolute atomic E-state index is 1.04. The fourth-order valence-corrected chi connectivity index (χ4v) is 6.75. The third-order valence-electron chi connectivity index (χ3n) is 2.79. The number of hydrogen-bond donors (Lipinski definition) is 0. The molecule has 0 aliphatic heterocycles. The van der Waals surface area contributed by atoms with Crippen LogP contribution in [0.15, 0.2) is 54.6 Å². The van der Waals surface area contributed by atoms with Gasteiger partial charge in [0.15, 0.2) is 0 Å². The van der Waals surface area contributed by atoms with Crippen LogP contribution in [0.4, 0.5) is 0 Å². The van der Waals surface area contributed by atoms with Gasteiger partial charge in [-0.25, -0.2) is 0 Å². The molecule has 2 aromatic rings. The van der Waals surface area contributed by atoms with Gasteiger partial charge in [-0.15, -0.1) is 0 Å². The summed E-state index contributed by atoms with van der Waals surface area (Å²) in [5.74, 6) is 0. The zero-order chi connectivity index (χ0) is 11.4. The number of aryl methyl sites for hydroxylation is 1. The molecular weight excluding hydrogens is 255 g/mol. The van der Waals surface area contributed by atoms with Crippen molar-refractivity contribution in [1.82, 2.24) is 0 Å². The van der Waals surface area contributed by atoms with Crippen molar-refractivity contribution in [3.05, 3.63) is 60.2 Å². The summed E-state index contributed by atoms with van der Waals surface area (Å²) in [7, 11) is 0. The summed E-state index contributed by atoms with van der Waals surface area (Å²) >= 11 is -1.04. The van der Waals surface area contributed by atoms with Crippen LogP contribution in [-0.4, -0.2) is 14.7 Å². The molecule has 0 heterocycles. The Morgan fingerprint density at radius 3 is 2.12 bits per heavy atom. The molecule has 0 amide bonds. The Bertz CT molecular complexity index is 448. The van der Waals surface area contributed by atoms with Crippen molar-refractivity contribution in [3.8, 4) is 0 Å². The quantitative estimate of drug-likeness (QED) is 0.753. The van der Waals surface area contributed by atoms with E-state index >= 15 is 0 Å². The Morgan fingerprint density at radius 1 is 0.875 bits per heavy atom. The molecule has 0 bridgehead atoms. The SMILES string of the molecule is CC[As](c1ccccc1)c1ccccc1C. The first-order chi connectivity index (χ1) is 7.83. The Kier molecular flexibility index (Phi) is 3.85. The normalized spacial score (nSPS) is 12.4. The molecular formula is C15H17As. The first kappa shape index (κ1) is 11.5. The summed E-state index contributed by atoms with van der Waals surface area (Å²) in [5, 5.41) is 1.29. The molecule has 2 aromatic carbocycles. The van der Waals surface area contributed by atoms with Crippen LogP contribution in [0.3, 0.4) is 0 Å². The summed E-state index contributed by atoms with van der Waals surface area (Å²) in [4.78, 5) is 0. The summed E-state index contributed by atoms with van der Waals surface area (Å²) < 4.78 is 3.16. The van der Waals surface area contributed by atoms with Gasteiger partial charge in [0.2, 0.25) is 0 Å². The molecule has 0 fully saturated rings. The molecule has 0 saturated carbocycles. The maximum absolute atomic E-state index is 2.32. The molecule has 2 rings (SSSR count). The molecule has 0 aromatic heterocycles. The van der Waals surface area contributed by atoms with Crippen LogP contribution in [0.1, 0.15) is 12.5 Å². The van der Waals surface area contributed by atoms with Gasteiger partial charge in [-0.05, 0) is 0 Å². The van der Waals surface area contributed by atoms with Crippen molar-refractivity contribution in [2.75, 3.05) is 0 Å². The van der Waals surface area contributed by atoms with E-state index in [1.54, 1.807) is 8.70 Å². The molecule has 1 heteroatoms. The first-order valence-corrected chi connectivity index (χ1v) is 8.91.